The van der Waals surface area contributed by atoms with E-state index < -0.39 is 0 Å². The highest BCUT2D eigenvalue weighted by molar-refractivity contribution is 7.18. The van der Waals surface area contributed by atoms with E-state index in [1.807, 2.05) is 12.1 Å². The summed E-state index contributed by atoms with van der Waals surface area (Å²) in [4.78, 5) is 21.5. The summed E-state index contributed by atoms with van der Waals surface area (Å²) in [7, 11) is 1.69. The molecule has 0 unspecified atom stereocenters. The van der Waals surface area contributed by atoms with E-state index >= 15 is 0 Å². The lowest BCUT2D eigenvalue weighted by atomic mass is 9.99. The molecular weight excluding hydrogens is 334 g/mol. The molecule has 2 saturated heterocycles. The Bertz CT molecular complexity index is 752. The largest absolute Gasteiger partial charge is 0.497 e. The number of fused-ring (bicyclic) bond motifs is 1. The zero-order valence-corrected chi connectivity index (χ0v) is 15.6. The van der Waals surface area contributed by atoms with Gasteiger partial charge in [-0.2, -0.15) is 0 Å². The third-order valence-electron chi connectivity index (χ3n) is 5.36. The van der Waals surface area contributed by atoms with Crippen LogP contribution in [0, 0.1) is 0 Å². The number of amides is 1. The zero-order valence-electron chi connectivity index (χ0n) is 14.7. The Morgan fingerprint density at radius 3 is 2.84 bits per heavy atom. The molecule has 2 aliphatic heterocycles. The molecule has 134 valence electrons. The van der Waals surface area contributed by atoms with Crippen molar-refractivity contribution in [1.29, 1.82) is 0 Å². The van der Waals surface area contributed by atoms with E-state index in [2.05, 4.69) is 15.9 Å². The van der Waals surface area contributed by atoms with Crippen molar-refractivity contribution >= 4 is 27.5 Å². The molecule has 1 amide bonds. The van der Waals surface area contributed by atoms with E-state index in [1.54, 1.807) is 18.4 Å². The number of carbonyl (C=O) groups excluding carboxylic acids is 1. The number of rotatable bonds is 4. The average molecular weight is 359 g/mol. The number of ether oxygens (including phenoxy) is 1. The molecule has 0 saturated carbocycles. The highest BCUT2D eigenvalue weighted by atomic mass is 32.1. The van der Waals surface area contributed by atoms with Gasteiger partial charge in [0.15, 0.2) is 0 Å². The second-order valence-corrected chi connectivity index (χ2v) is 8.11. The molecule has 0 N–H and O–H groups in total. The minimum atomic E-state index is 0.366. The fraction of sp³-hybridized carbons (Fsp3) is 0.579. The molecule has 0 aliphatic carbocycles. The third-order valence-corrected chi connectivity index (χ3v) is 6.36. The number of carbonyl (C=O) groups is 1. The van der Waals surface area contributed by atoms with Gasteiger partial charge in [-0.15, -0.1) is 11.3 Å². The van der Waals surface area contributed by atoms with Crippen LogP contribution in [-0.2, 0) is 11.3 Å². The Morgan fingerprint density at radius 2 is 2.08 bits per heavy atom. The van der Waals surface area contributed by atoms with Crippen LogP contribution in [0.3, 0.4) is 0 Å². The van der Waals surface area contributed by atoms with Crippen LogP contribution in [0.15, 0.2) is 18.2 Å². The molecule has 2 fully saturated rings. The lowest BCUT2D eigenvalue weighted by Gasteiger charge is -2.40. The molecule has 1 aromatic carbocycles. The first-order valence-electron chi connectivity index (χ1n) is 9.18. The van der Waals surface area contributed by atoms with Gasteiger partial charge in [-0.1, -0.05) is 0 Å². The first-order chi connectivity index (χ1) is 12.2. The van der Waals surface area contributed by atoms with Crippen LogP contribution in [-0.4, -0.2) is 53.5 Å². The second kappa shape index (κ2) is 7.30. The van der Waals surface area contributed by atoms with E-state index in [0.29, 0.717) is 11.9 Å². The fourth-order valence-electron chi connectivity index (χ4n) is 3.94. The van der Waals surface area contributed by atoms with E-state index in [1.165, 1.54) is 11.1 Å². The van der Waals surface area contributed by atoms with Crippen LogP contribution < -0.4 is 4.74 Å². The first-order valence-corrected chi connectivity index (χ1v) is 10.00. The molecule has 1 aromatic heterocycles. The van der Waals surface area contributed by atoms with Gasteiger partial charge in [-0.25, -0.2) is 4.98 Å². The molecule has 5 nitrogen and oxygen atoms in total. The van der Waals surface area contributed by atoms with Crippen molar-refractivity contribution in [2.45, 2.75) is 44.7 Å². The molecular formula is C19H25N3O2S. The second-order valence-electron chi connectivity index (χ2n) is 6.99. The van der Waals surface area contributed by atoms with Gasteiger partial charge in [0.1, 0.15) is 10.8 Å². The van der Waals surface area contributed by atoms with Crippen molar-refractivity contribution in [3.05, 3.63) is 23.2 Å². The molecule has 0 bridgehead atoms. The number of methoxy groups -OCH3 is 1. The number of piperidine rings is 2. The van der Waals surface area contributed by atoms with Gasteiger partial charge < -0.3 is 9.64 Å². The number of hydrogen-bond acceptors (Lipinski definition) is 5. The third kappa shape index (κ3) is 3.65. The molecule has 3 heterocycles. The minimum Gasteiger partial charge on any atom is -0.497 e. The van der Waals surface area contributed by atoms with Crippen molar-refractivity contribution < 1.29 is 9.53 Å². The molecule has 6 heteroatoms. The van der Waals surface area contributed by atoms with Crippen LogP contribution in [0.4, 0.5) is 0 Å². The molecule has 2 aliphatic rings. The van der Waals surface area contributed by atoms with Crippen molar-refractivity contribution in [1.82, 2.24) is 14.8 Å². The minimum absolute atomic E-state index is 0.366. The maximum absolute atomic E-state index is 12.1. The standard InChI is InChI=1S/C19H25N3O2S/c1-24-15-5-6-16-17(12-15)25-18(20-16)13-21-10-7-14(8-11-21)22-9-3-2-4-19(22)23/h5-6,12,14H,2-4,7-11,13H2,1H3. The van der Waals surface area contributed by atoms with Gasteiger partial charge in [0, 0.05) is 32.1 Å². The monoisotopic (exact) mass is 359 g/mol. The van der Waals surface area contributed by atoms with Crippen molar-refractivity contribution in [2.75, 3.05) is 26.7 Å². The summed E-state index contributed by atoms with van der Waals surface area (Å²) in [6, 6.07) is 6.50. The summed E-state index contributed by atoms with van der Waals surface area (Å²) in [6.07, 6.45) is 5.15. The quantitative estimate of drug-likeness (QED) is 0.840. The highest BCUT2D eigenvalue weighted by Crippen LogP contribution is 2.28. The topological polar surface area (TPSA) is 45.7 Å². The first kappa shape index (κ1) is 16.8. The SMILES string of the molecule is COc1ccc2nc(CN3CCC(N4CCCCC4=O)CC3)sc2c1. The molecule has 2 aromatic rings. The summed E-state index contributed by atoms with van der Waals surface area (Å²) in [5, 5.41) is 1.16. The maximum atomic E-state index is 12.1. The van der Waals surface area contributed by atoms with E-state index in [0.717, 1.165) is 68.1 Å². The van der Waals surface area contributed by atoms with E-state index in [-0.39, 0.29) is 0 Å². The van der Waals surface area contributed by atoms with Gasteiger partial charge in [-0.05, 0) is 43.9 Å². The van der Waals surface area contributed by atoms with E-state index in [4.69, 9.17) is 9.72 Å². The number of hydrogen-bond donors (Lipinski definition) is 0. The van der Waals surface area contributed by atoms with Crippen LogP contribution in [0.2, 0.25) is 0 Å². The van der Waals surface area contributed by atoms with Crippen LogP contribution in [0.25, 0.3) is 10.2 Å². The number of likely N-dealkylation sites (tertiary alicyclic amines) is 2. The molecule has 0 radical (unpaired) electrons. The predicted molar refractivity (Wildman–Crippen MR) is 100 cm³/mol. The normalized spacial score (nSPS) is 20.4. The van der Waals surface area contributed by atoms with Crippen molar-refractivity contribution in [3.63, 3.8) is 0 Å². The van der Waals surface area contributed by atoms with Crippen molar-refractivity contribution in [2.24, 2.45) is 0 Å². The Kier molecular flexibility index (Phi) is 4.90. The summed E-state index contributed by atoms with van der Waals surface area (Å²) in [5.74, 6) is 1.25. The van der Waals surface area contributed by atoms with Crippen LogP contribution in [0.1, 0.15) is 37.1 Å². The molecule has 4 rings (SSSR count). The smallest absolute Gasteiger partial charge is 0.222 e. The van der Waals surface area contributed by atoms with Gasteiger partial charge in [-0.3, -0.25) is 9.69 Å². The highest BCUT2D eigenvalue weighted by Gasteiger charge is 2.29. The lowest BCUT2D eigenvalue weighted by Crippen LogP contribution is -2.48. The molecule has 25 heavy (non-hydrogen) atoms. The number of thiazole rings is 1. The summed E-state index contributed by atoms with van der Waals surface area (Å²) in [5.41, 5.74) is 1.05. The Labute approximate surface area is 152 Å². The predicted octanol–water partition coefficient (Wildman–Crippen LogP) is 3.28. The van der Waals surface area contributed by atoms with Crippen molar-refractivity contribution in [3.8, 4) is 5.75 Å². The Balaban J connectivity index is 1.36. The van der Waals surface area contributed by atoms with Gasteiger partial charge in [0.25, 0.3) is 0 Å². The summed E-state index contributed by atoms with van der Waals surface area (Å²) in [6.45, 7) is 3.97. The van der Waals surface area contributed by atoms with Gasteiger partial charge in [0.2, 0.25) is 5.91 Å². The van der Waals surface area contributed by atoms with Gasteiger partial charge in [0.05, 0.1) is 23.9 Å². The summed E-state index contributed by atoms with van der Waals surface area (Å²) >= 11 is 1.75. The zero-order chi connectivity index (χ0) is 17.2. The summed E-state index contributed by atoms with van der Waals surface area (Å²) < 4.78 is 6.48. The Hall–Kier alpha value is -1.66. The van der Waals surface area contributed by atoms with Crippen LogP contribution in [0.5, 0.6) is 5.75 Å². The lowest BCUT2D eigenvalue weighted by molar-refractivity contribution is -0.136. The van der Waals surface area contributed by atoms with Gasteiger partial charge >= 0.3 is 0 Å². The molecule has 0 atom stereocenters. The molecule has 0 spiro atoms. The number of aromatic nitrogens is 1. The average Bonchev–Trinajstić information content (AvgIpc) is 3.04. The van der Waals surface area contributed by atoms with Crippen LogP contribution >= 0.6 is 11.3 Å². The maximum Gasteiger partial charge on any atom is 0.222 e. The fourth-order valence-corrected chi connectivity index (χ4v) is 4.98. The number of nitrogens with zero attached hydrogens (tertiary/aromatic N) is 3. The van der Waals surface area contributed by atoms with E-state index in [9.17, 15) is 4.79 Å². The number of benzene rings is 1. The Morgan fingerprint density at radius 1 is 1.24 bits per heavy atom.